The third kappa shape index (κ3) is 6.37. The molecule has 182 valence electrons. The molecule has 7 nitrogen and oxygen atoms in total. The summed E-state index contributed by atoms with van der Waals surface area (Å²) in [4.78, 5) is 41.4. The smallest absolute Gasteiger partial charge is 0.253 e. The van der Waals surface area contributed by atoms with Crippen LogP contribution in [0, 0.1) is 12.8 Å². The Balaban J connectivity index is 1.53. The molecular weight excluding hydrogens is 428 g/mol. The van der Waals surface area contributed by atoms with Crippen molar-refractivity contribution in [1.82, 2.24) is 9.80 Å². The molecule has 1 atom stereocenters. The highest BCUT2D eigenvalue weighted by Crippen LogP contribution is 2.21. The van der Waals surface area contributed by atoms with Gasteiger partial charge in [0.1, 0.15) is 0 Å². The van der Waals surface area contributed by atoms with Gasteiger partial charge in [-0.25, -0.2) is 0 Å². The lowest BCUT2D eigenvalue weighted by Crippen LogP contribution is -2.39. The van der Waals surface area contributed by atoms with E-state index >= 15 is 0 Å². The van der Waals surface area contributed by atoms with E-state index in [2.05, 4.69) is 17.6 Å². The quantitative estimate of drug-likeness (QED) is 0.607. The molecule has 1 aliphatic heterocycles. The van der Waals surface area contributed by atoms with Crippen LogP contribution in [0.4, 0.5) is 11.4 Å². The minimum absolute atomic E-state index is 0.0169. The predicted octanol–water partition coefficient (Wildman–Crippen LogP) is 4.40. The molecule has 1 saturated heterocycles. The number of nitrogens with one attached hydrogen (secondary N) is 2. The van der Waals surface area contributed by atoms with Crippen molar-refractivity contribution in [3.8, 4) is 0 Å². The summed E-state index contributed by atoms with van der Waals surface area (Å²) >= 11 is 0. The average molecular weight is 465 g/mol. The van der Waals surface area contributed by atoms with E-state index in [9.17, 15) is 14.4 Å². The van der Waals surface area contributed by atoms with Gasteiger partial charge in [-0.15, -0.1) is 0 Å². The molecule has 2 N–H and O–H groups in total. The van der Waals surface area contributed by atoms with Gasteiger partial charge < -0.3 is 20.4 Å². The number of piperidine rings is 1. The van der Waals surface area contributed by atoms with Gasteiger partial charge in [0.25, 0.3) is 11.8 Å². The van der Waals surface area contributed by atoms with Crippen LogP contribution in [0.1, 0.15) is 59.9 Å². The topological polar surface area (TPSA) is 81.8 Å². The van der Waals surface area contributed by atoms with E-state index in [-0.39, 0.29) is 24.3 Å². The molecule has 2 aromatic rings. The zero-order chi connectivity index (χ0) is 24.7. The fraction of sp³-hybridized carbons (Fsp3) is 0.444. The zero-order valence-corrected chi connectivity index (χ0v) is 20.7. The minimum Gasteiger partial charge on any atom is -0.376 e. The van der Waals surface area contributed by atoms with Gasteiger partial charge in [0.2, 0.25) is 5.91 Å². The van der Waals surface area contributed by atoms with Crippen LogP contribution in [0.15, 0.2) is 42.5 Å². The SMILES string of the molecule is CCN(CC)C(=O)c1ccc(NC(=O)CNc2ccc(C(=O)N3CCCC(C)C3)cc2C)cc1. The summed E-state index contributed by atoms with van der Waals surface area (Å²) in [5.74, 6) is 0.403. The number of benzene rings is 2. The van der Waals surface area contributed by atoms with Crippen LogP contribution < -0.4 is 10.6 Å². The lowest BCUT2D eigenvalue weighted by Gasteiger charge is -2.31. The summed E-state index contributed by atoms with van der Waals surface area (Å²) < 4.78 is 0. The van der Waals surface area contributed by atoms with Crippen LogP contribution in [-0.2, 0) is 4.79 Å². The van der Waals surface area contributed by atoms with Crippen molar-refractivity contribution in [2.24, 2.45) is 5.92 Å². The Bertz CT molecular complexity index is 1020. The summed E-state index contributed by atoms with van der Waals surface area (Å²) in [6, 6.07) is 12.5. The van der Waals surface area contributed by atoms with Crippen LogP contribution >= 0.6 is 0 Å². The van der Waals surface area contributed by atoms with Gasteiger partial charge in [0.15, 0.2) is 0 Å². The number of anilines is 2. The molecule has 1 unspecified atom stereocenters. The maximum Gasteiger partial charge on any atom is 0.253 e. The van der Waals surface area contributed by atoms with Crippen molar-refractivity contribution in [2.75, 3.05) is 43.4 Å². The Labute approximate surface area is 202 Å². The number of hydrogen-bond donors (Lipinski definition) is 2. The summed E-state index contributed by atoms with van der Waals surface area (Å²) in [6.45, 7) is 11.0. The normalized spacial score (nSPS) is 15.5. The summed E-state index contributed by atoms with van der Waals surface area (Å²) in [6.07, 6.45) is 2.22. The molecule has 0 saturated carbocycles. The fourth-order valence-corrected chi connectivity index (χ4v) is 4.32. The number of hydrogen-bond acceptors (Lipinski definition) is 4. The van der Waals surface area contributed by atoms with Crippen LogP contribution in [0.3, 0.4) is 0 Å². The number of nitrogens with zero attached hydrogens (tertiary/aromatic N) is 2. The number of amides is 3. The van der Waals surface area contributed by atoms with E-state index in [0.717, 1.165) is 30.8 Å². The molecule has 0 bridgehead atoms. The van der Waals surface area contributed by atoms with Crippen molar-refractivity contribution in [2.45, 2.75) is 40.5 Å². The molecule has 3 rings (SSSR count). The second-order valence-electron chi connectivity index (χ2n) is 8.98. The van der Waals surface area contributed by atoms with Crippen molar-refractivity contribution in [1.29, 1.82) is 0 Å². The summed E-state index contributed by atoms with van der Waals surface area (Å²) in [5, 5.41) is 5.99. The van der Waals surface area contributed by atoms with Crippen LogP contribution in [-0.4, -0.2) is 60.2 Å². The molecule has 7 heteroatoms. The number of carbonyl (C=O) groups excluding carboxylic acids is 3. The molecule has 3 amide bonds. The molecule has 1 aliphatic rings. The van der Waals surface area contributed by atoms with Crippen molar-refractivity contribution < 1.29 is 14.4 Å². The third-order valence-electron chi connectivity index (χ3n) is 6.32. The standard InChI is InChI=1S/C27H36N4O3/c1-5-30(6-2)26(33)21-9-12-23(13-10-21)29-25(32)17-28-24-14-11-22(16-20(24)4)27(34)31-15-7-8-19(3)18-31/h9-14,16,19,28H,5-8,15,17-18H2,1-4H3,(H,29,32). The molecule has 34 heavy (non-hydrogen) atoms. The second-order valence-corrected chi connectivity index (χ2v) is 8.98. The van der Waals surface area contributed by atoms with Gasteiger partial charge in [0.05, 0.1) is 6.54 Å². The Hall–Kier alpha value is -3.35. The summed E-state index contributed by atoms with van der Waals surface area (Å²) in [5.41, 5.74) is 3.66. The fourth-order valence-electron chi connectivity index (χ4n) is 4.32. The maximum atomic E-state index is 12.8. The van der Waals surface area contributed by atoms with Crippen LogP contribution in [0.5, 0.6) is 0 Å². The first-order chi connectivity index (χ1) is 16.3. The molecule has 0 aromatic heterocycles. The van der Waals surface area contributed by atoms with E-state index in [4.69, 9.17) is 0 Å². The Kier molecular flexibility index (Phi) is 8.68. The lowest BCUT2D eigenvalue weighted by molar-refractivity contribution is -0.114. The number of rotatable bonds is 8. The van der Waals surface area contributed by atoms with Gasteiger partial charge in [-0.1, -0.05) is 6.92 Å². The van der Waals surface area contributed by atoms with Crippen molar-refractivity contribution in [3.05, 3.63) is 59.2 Å². The van der Waals surface area contributed by atoms with Crippen LogP contribution in [0.25, 0.3) is 0 Å². The largest absolute Gasteiger partial charge is 0.376 e. The van der Waals surface area contributed by atoms with Gasteiger partial charge in [-0.05, 0) is 87.6 Å². The lowest BCUT2D eigenvalue weighted by atomic mass is 9.99. The minimum atomic E-state index is -0.190. The van der Waals surface area contributed by atoms with E-state index < -0.39 is 0 Å². The zero-order valence-electron chi connectivity index (χ0n) is 20.7. The Morgan fingerprint density at radius 1 is 1.03 bits per heavy atom. The first-order valence-electron chi connectivity index (χ1n) is 12.1. The number of carbonyl (C=O) groups is 3. The van der Waals surface area contributed by atoms with Crippen LogP contribution in [0.2, 0.25) is 0 Å². The van der Waals surface area contributed by atoms with E-state index in [1.54, 1.807) is 29.2 Å². The van der Waals surface area contributed by atoms with Gasteiger partial charge in [0, 0.05) is 48.7 Å². The monoisotopic (exact) mass is 464 g/mol. The average Bonchev–Trinajstić information content (AvgIpc) is 2.84. The highest BCUT2D eigenvalue weighted by molar-refractivity contribution is 5.97. The third-order valence-corrected chi connectivity index (χ3v) is 6.32. The first-order valence-corrected chi connectivity index (χ1v) is 12.1. The van der Waals surface area contributed by atoms with E-state index in [1.807, 2.05) is 43.9 Å². The van der Waals surface area contributed by atoms with E-state index in [1.165, 1.54) is 6.42 Å². The van der Waals surface area contributed by atoms with Gasteiger partial charge in [-0.3, -0.25) is 14.4 Å². The first kappa shape index (κ1) is 25.3. The molecular formula is C27H36N4O3. The van der Waals surface area contributed by atoms with Gasteiger partial charge in [-0.2, -0.15) is 0 Å². The van der Waals surface area contributed by atoms with E-state index in [0.29, 0.717) is 35.8 Å². The Morgan fingerprint density at radius 3 is 2.32 bits per heavy atom. The molecule has 0 radical (unpaired) electrons. The molecule has 0 spiro atoms. The molecule has 1 fully saturated rings. The molecule has 2 aromatic carbocycles. The molecule has 1 heterocycles. The number of aryl methyl sites for hydroxylation is 1. The highest BCUT2D eigenvalue weighted by Gasteiger charge is 2.22. The predicted molar refractivity (Wildman–Crippen MR) is 136 cm³/mol. The van der Waals surface area contributed by atoms with Crippen molar-refractivity contribution >= 4 is 29.1 Å². The van der Waals surface area contributed by atoms with Gasteiger partial charge >= 0.3 is 0 Å². The molecule has 0 aliphatic carbocycles. The highest BCUT2D eigenvalue weighted by atomic mass is 16.2. The Morgan fingerprint density at radius 2 is 1.71 bits per heavy atom. The second kappa shape index (κ2) is 11.7. The summed E-state index contributed by atoms with van der Waals surface area (Å²) in [7, 11) is 0. The number of likely N-dealkylation sites (tertiary alicyclic amines) is 1. The maximum absolute atomic E-state index is 12.8. The van der Waals surface area contributed by atoms with Crippen molar-refractivity contribution in [3.63, 3.8) is 0 Å².